The Kier molecular flexibility index (Phi) is 5.79. The van der Waals surface area contributed by atoms with Crippen LogP contribution in [0.5, 0.6) is 0 Å². The summed E-state index contributed by atoms with van der Waals surface area (Å²) in [5.74, 6) is 0. The van der Waals surface area contributed by atoms with Crippen molar-refractivity contribution in [1.29, 1.82) is 0 Å². The van der Waals surface area contributed by atoms with E-state index in [4.69, 9.17) is 11.6 Å². The predicted octanol–water partition coefficient (Wildman–Crippen LogP) is 0.958. The molecule has 1 fully saturated rings. The molecule has 1 N–H and O–H groups in total. The molecule has 22 heavy (non-hydrogen) atoms. The second-order valence-electron chi connectivity index (χ2n) is 5.82. The molecule has 0 radical (unpaired) electrons. The Labute approximate surface area is 137 Å². The van der Waals surface area contributed by atoms with Gasteiger partial charge in [-0.3, -0.25) is 4.90 Å². The fraction of sp³-hybridized carbons (Fsp3) is 0.643. The molecule has 0 spiro atoms. The van der Waals surface area contributed by atoms with Crippen molar-refractivity contribution < 1.29 is 8.42 Å². The van der Waals surface area contributed by atoms with Crippen LogP contribution in [0.3, 0.4) is 0 Å². The number of likely N-dealkylation sites (N-methyl/N-ethyl adjacent to an activating group) is 1. The van der Waals surface area contributed by atoms with Gasteiger partial charge in [-0.15, -0.1) is 0 Å². The topological polar surface area (TPSA) is 65.5 Å². The molecule has 0 saturated carbocycles. The maximum absolute atomic E-state index is 12.3. The number of hydrogen-bond donors (Lipinski definition) is 1. The van der Waals surface area contributed by atoms with Crippen molar-refractivity contribution in [3.63, 3.8) is 0 Å². The van der Waals surface area contributed by atoms with Gasteiger partial charge in [-0.1, -0.05) is 11.6 Å². The van der Waals surface area contributed by atoms with Gasteiger partial charge < -0.3 is 4.90 Å². The number of pyridine rings is 1. The maximum atomic E-state index is 12.3. The van der Waals surface area contributed by atoms with E-state index < -0.39 is 10.0 Å². The molecule has 1 saturated heterocycles. The third-order valence-corrected chi connectivity index (χ3v) is 5.82. The molecule has 1 aliphatic rings. The van der Waals surface area contributed by atoms with Gasteiger partial charge in [0.05, 0.1) is 0 Å². The van der Waals surface area contributed by atoms with E-state index in [1.807, 2.05) is 6.92 Å². The Morgan fingerprint density at radius 3 is 2.59 bits per heavy atom. The summed E-state index contributed by atoms with van der Waals surface area (Å²) in [6.45, 7) is 8.10. The third kappa shape index (κ3) is 4.39. The number of rotatable bonds is 5. The summed E-state index contributed by atoms with van der Waals surface area (Å²) in [5, 5.41) is 0.324. The lowest BCUT2D eigenvalue weighted by Crippen LogP contribution is -2.51. The van der Waals surface area contributed by atoms with Gasteiger partial charge in [0.25, 0.3) is 0 Å². The van der Waals surface area contributed by atoms with Crippen molar-refractivity contribution >= 4 is 21.6 Å². The minimum Gasteiger partial charge on any atom is -0.304 e. The van der Waals surface area contributed by atoms with E-state index in [2.05, 4.69) is 26.6 Å². The van der Waals surface area contributed by atoms with Crippen molar-refractivity contribution in [2.24, 2.45) is 0 Å². The quantitative estimate of drug-likeness (QED) is 0.804. The van der Waals surface area contributed by atoms with E-state index in [9.17, 15) is 8.42 Å². The van der Waals surface area contributed by atoms with Gasteiger partial charge in [0.15, 0.2) is 0 Å². The Balaban J connectivity index is 1.95. The molecule has 1 aliphatic heterocycles. The molecule has 1 aromatic heterocycles. The van der Waals surface area contributed by atoms with Gasteiger partial charge in [-0.05, 0) is 32.5 Å². The van der Waals surface area contributed by atoms with Gasteiger partial charge in [0, 0.05) is 45.0 Å². The standard InChI is InChI=1S/C14H23ClN4O2S/c1-11-8-13(10-16-14(11)15)22(20,21)17-9-12(2)19-6-4-18(3)5-7-19/h8,10,12,17H,4-7,9H2,1-3H3/t12-/m1/s1. The number of hydrogen-bond acceptors (Lipinski definition) is 5. The van der Waals surface area contributed by atoms with Crippen LogP contribution in [0.25, 0.3) is 0 Å². The fourth-order valence-corrected chi connectivity index (χ4v) is 3.64. The number of nitrogens with one attached hydrogen (secondary N) is 1. The molecule has 0 unspecified atom stereocenters. The molecule has 2 rings (SSSR count). The average Bonchev–Trinajstić information content (AvgIpc) is 2.48. The molecule has 1 atom stereocenters. The minimum absolute atomic E-state index is 0.153. The van der Waals surface area contributed by atoms with Crippen LogP contribution in [0.1, 0.15) is 12.5 Å². The Morgan fingerprint density at radius 1 is 1.36 bits per heavy atom. The summed E-state index contributed by atoms with van der Waals surface area (Å²) in [6.07, 6.45) is 1.29. The van der Waals surface area contributed by atoms with Crippen LogP contribution >= 0.6 is 11.6 Å². The number of aromatic nitrogens is 1. The summed E-state index contributed by atoms with van der Waals surface area (Å²) in [4.78, 5) is 8.63. The summed E-state index contributed by atoms with van der Waals surface area (Å²) < 4.78 is 27.3. The first-order valence-corrected chi connectivity index (χ1v) is 9.20. The van der Waals surface area contributed by atoms with Gasteiger partial charge in [-0.2, -0.15) is 0 Å². The van der Waals surface area contributed by atoms with Crippen molar-refractivity contribution in [1.82, 2.24) is 19.5 Å². The zero-order valence-electron chi connectivity index (χ0n) is 13.2. The van der Waals surface area contributed by atoms with E-state index in [1.165, 1.54) is 12.3 Å². The number of aryl methyl sites for hydroxylation is 1. The van der Waals surface area contributed by atoms with E-state index in [0.717, 1.165) is 26.2 Å². The van der Waals surface area contributed by atoms with Crippen LogP contribution in [0.2, 0.25) is 5.15 Å². The van der Waals surface area contributed by atoms with Crippen molar-refractivity contribution in [3.8, 4) is 0 Å². The van der Waals surface area contributed by atoms with Crippen LogP contribution in [0.15, 0.2) is 17.2 Å². The first-order chi connectivity index (χ1) is 10.3. The Hall–Kier alpha value is -0.730. The zero-order valence-corrected chi connectivity index (χ0v) is 14.8. The highest BCUT2D eigenvalue weighted by atomic mass is 35.5. The average molecular weight is 347 g/mol. The van der Waals surface area contributed by atoms with Gasteiger partial charge in [0.2, 0.25) is 10.0 Å². The second kappa shape index (κ2) is 7.23. The summed E-state index contributed by atoms with van der Waals surface area (Å²) in [6, 6.07) is 1.70. The first kappa shape index (κ1) is 17.6. The van der Waals surface area contributed by atoms with Crippen LogP contribution < -0.4 is 4.72 Å². The second-order valence-corrected chi connectivity index (χ2v) is 7.94. The Bertz CT molecular complexity index is 615. The first-order valence-electron chi connectivity index (χ1n) is 7.34. The van der Waals surface area contributed by atoms with Gasteiger partial charge >= 0.3 is 0 Å². The smallest absolute Gasteiger partial charge is 0.242 e. The minimum atomic E-state index is -3.55. The lowest BCUT2D eigenvalue weighted by Gasteiger charge is -2.36. The molecule has 2 heterocycles. The van der Waals surface area contributed by atoms with E-state index >= 15 is 0 Å². The highest BCUT2D eigenvalue weighted by molar-refractivity contribution is 7.89. The molecule has 0 amide bonds. The van der Waals surface area contributed by atoms with Crippen molar-refractivity contribution in [3.05, 3.63) is 23.0 Å². The van der Waals surface area contributed by atoms with Crippen LogP contribution in [0, 0.1) is 6.92 Å². The molecule has 8 heteroatoms. The van der Waals surface area contributed by atoms with Crippen molar-refractivity contribution in [2.75, 3.05) is 39.8 Å². The van der Waals surface area contributed by atoms with E-state index in [1.54, 1.807) is 6.92 Å². The third-order valence-electron chi connectivity index (χ3n) is 4.03. The molecule has 0 bridgehead atoms. The molecule has 1 aromatic rings. The van der Waals surface area contributed by atoms with Gasteiger partial charge in [0.1, 0.15) is 10.0 Å². The number of piperazine rings is 1. The molecule has 0 aliphatic carbocycles. The lowest BCUT2D eigenvalue weighted by molar-refractivity contribution is 0.120. The maximum Gasteiger partial charge on any atom is 0.242 e. The largest absolute Gasteiger partial charge is 0.304 e. The molecule has 124 valence electrons. The van der Waals surface area contributed by atoms with Gasteiger partial charge in [-0.25, -0.2) is 18.1 Å². The zero-order chi connectivity index (χ0) is 16.3. The fourth-order valence-electron chi connectivity index (χ4n) is 2.38. The van der Waals surface area contributed by atoms with Crippen LogP contribution in [-0.4, -0.2) is 69.0 Å². The van der Waals surface area contributed by atoms with Crippen LogP contribution in [0.4, 0.5) is 0 Å². The molecule has 0 aromatic carbocycles. The monoisotopic (exact) mass is 346 g/mol. The van der Waals surface area contributed by atoms with E-state index in [-0.39, 0.29) is 10.9 Å². The SMILES string of the molecule is Cc1cc(S(=O)(=O)NC[C@@H](C)N2CCN(C)CC2)cnc1Cl. The molecule has 6 nitrogen and oxygen atoms in total. The van der Waals surface area contributed by atoms with Crippen LogP contribution in [-0.2, 0) is 10.0 Å². The molecular weight excluding hydrogens is 324 g/mol. The Morgan fingerprint density at radius 2 is 2.00 bits per heavy atom. The van der Waals surface area contributed by atoms with Crippen molar-refractivity contribution in [2.45, 2.75) is 24.8 Å². The van der Waals surface area contributed by atoms with E-state index in [0.29, 0.717) is 17.3 Å². The highest BCUT2D eigenvalue weighted by Gasteiger charge is 2.22. The molecular formula is C14H23ClN4O2S. The number of halogens is 1. The summed E-state index contributed by atoms with van der Waals surface area (Å²) in [5.41, 5.74) is 0.650. The summed E-state index contributed by atoms with van der Waals surface area (Å²) in [7, 11) is -1.45. The summed E-state index contributed by atoms with van der Waals surface area (Å²) >= 11 is 5.83. The number of sulfonamides is 1. The normalized spacial score (nSPS) is 19.3. The highest BCUT2D eigenvalue weighted by Crippen LogP contribution is 2.16. The lowest BCUT2D eigenvalue weighted by atomic mass is 10.2. The number of nitrogens with zero attached hydrogens (tertiary/aromatic N) is 3. The predicted molar refractivity (Wildman–Crippen MR) is 87.7 cm³/mol.